The number of hydrogen-bond donors (Lipinski definition) is 3. The lowest BCUT2D eigenvalue weighted by Gasteiger charge is -2.24. The van der Waals surface area contributed by atoms with Crippen LogP contribution in [0, 0.1) is 5.82 Å². The summed E-state index contributed by atoms with van der Waals surface area (Å²) in [6.07, 6.45) is 0.159. The molecule has 142 valence electrons. The Labute approximate surface area is 166 Å². The maximum absolute atomic E-state index is 13.1. The van der Waals surface area contributed by atoms with E-state index in [1.54, 1.807) is 26.3 Å². The number of aliphatic imine (C=N–C) groups is 1. The second kappa shape index (κ2) is 12.0. The van der Waals surface area contributed by atoms with Gasteiger partial charge in [0.2, 0.25) is 5.91 Å². The molecule has 3 N–H and O–H groups in total. The van der Waals surface area contributed by atoms with E-state index in [1.165, 1.54) is 12.1 Å². The van der Waals surface area contributed by atoms with Gasteiger partial charge in [-0.25, -0.2) is 4.39 Å². The van der Waals surface area contributed by atoms with Crippen LogP contribution >= 0.6 is 24.0 Å². The highest BCUT2D eigenvalue weighted by molar-refractivity contribution is 14.0. The molecule has 1 rings (SSSR count). The molecule has 0 saturated carbocycles. The van der Waals surface area contributed by atoms with E-state index in [-0.39, 0.29) is 47.7 Å². The number of carbonyl (C=O) groups excluding carboxylic acids is 1. The molecule has 0 fully saturated rings. The van der Waals surface area contributed by atoms with Gasteiger partial charge in [0, 0.05) is 33.8 Å². The highest BCUT2D eigenvalue weighted by Crippen LogP contribution is 2.04. The Morgan fingerprint density at radius 3 is 2.52 bits per heavy atom. The van der Waals surface area contributed by atoms with Gasteiger partial charge in [-0.1, -0.05) is 12.1 Å². The Kier molecular flexibility index (Phi) is 11.3. The number of guanidine groups is 1. The molecule has 0 heterocycles. The van der Waals surface area contributed by atoms with Gasteiger partial charge in [0.1, 0.15) is 5.82 Å². The molecule has 1 aromatic rings. The largest absolute Gasteiger partial charge is 0.377 e. The number of amides is 1. The van der Waals surface area contributed by atoms with E-state index in [2.05, 4.69) is 20.9 Å². The molecule has 0 radical (unpaired) electrons. The molecule has 1 amide bonds. The van der Waals surface area contributed by atoms with E-state index >= 15 is 0 Å². The van der Waals surface area contributed by atoms with Gasteiger partial charge in [-0.05, 0) is 31.5 Å². The Morgan fingerprint density at radius 2 is 1.92 bits per heavy atom. The Morgan fingerprint density at radius 1 is 1.24 bits per heavy atom. The minimum Gasteiger partial charge on any atom is -0.377 e. The molecule has 0 bridgehead atoms. The minimum atomic E-state index is -0.337. The number of benzene rings is 1. The smallest absolute Gasteiger partial charge is 0.224 e. The van der Waals surface area contributed by atoms with Crippen LogP contribution in [0.15, 0.2) is 29.3 Å². The van der Waals surface area contributed by atoms with Crippen LogP contribution in [0.2, 0.25) is 0 Å². The zero-order valence-electron chi connectivity index (χ0n) is 15.2. The lowest BCUT2D eigenvalue weighted by Crippen LogP contribution is -2.47. The standard InChI is InChI=1S/C17H27FN4O2.HI/c1-17(2,24-4)12-22-16(19-3)21-9-8-20-15(23)11-13-6-5-7-14(18)10-13;/h5-7,10H,8-9,11-12H2,1-4H3,(H,20,23)(H2,19,21,22);1H. The first-order valence-electron chi connectivity index (χ1n) is 7.87. The number of nitrogens with one attached hydrogen (secondary N) is 3. The molecule has 0 aliphatic carbocycles. The fourth-order valence-electron chi connectivity index (χ4n) is 1.87. The summed E-state index contributed by atoms with van der Waals surface area (Å²) in [4.78, 5) is 15.9. The van der Waals surface area contributed by atoms with Crippen molar-refractivity contribution in [3.63, 3.8) is 0 Å². The topological polar surface area (TPSA) is 74.8 Å². The fourth-order valence-corrected chi connectivity index (χ4v) is 1.87. The van der Waals surface area contributed by atoms with E-state index < -0.39 is 0 Å². The van der Waals surface area contributed by atoms with Crippen LogP contribution in [0.4, 0.5) is 4.39 Å². The molecule has 0 aromatic heterocycles. The van der Waals surface area contributed by atoms with Crippen molar-refractivity contribution in [1.82, 2.24) is 16.0 Å². The third kappa shape index (κ3) is 10.2. The summed E-state index contributed by atoms with van der Waals surface area (Å²) < 4.78 is 18.4. The van der Waals surface area contributed by atoms with Crippen LogP contribution in [-0.2, 0) is 16.0 Å². The lowest BCUT2D eigenvalue weighted by atomic mass is 10.1. The van der Waals surface area contributed by atoms with E-state index in [0.29, 0.717) is 31.2 Å². The van der Waals surface area contributed by atoms with Gasteiger partial charge in [0.15, 0.2) is 5.96 Å². The Bertz CT molecular complexity index is 567. The number of hydrogen-bond acceptors (Lipinski definition) is 3. The van der Waals surface area contributed by atoms with Crippen LogP contribution in [0.25, 0.3) is 0 Å². The average molecular weight is 466 g/mol. The molecule has 25 heavy (non-hydrogen) atoms. The van der Waals surface area contributed by atoms with Gasteiger partial charge in [0.05, 0.1) is 12.0 Å². The van der Waals surface area contributed by atoms with Gasteiger partial charge in [0.25, 0.3) is 0 Å². The summed E-state index contributed by atoms with van der Waals surface area (Å²) in [7, 11) is 3.34. The van der Waals surface area contributed by atoms with Crippen molar-refractivity contribution in [2.24, 2.45) is 4.99 Å². The summed E-state index contributed by atoms with van der Waals surface area (Å²) in [5.74, 6) is 0.154. The summed E-state index contributed by atoms with van der Waals surface area (Å²) in [6, 6.07) is 6.04. The predicted octanol–water partition coefficient (Wildman–Crippen LogP) is 1.69. The molecule has 0 saturated heterocycles. The third-order valence-corrected chi connectivity index (χ3v) is 3.45. The molecule has 0 aliphatic heterocycles. The van der Waals surface area contributed by atoms with Crippen molar-refractivity contribution in [3.8, 4) is 0 Å². The molecule has 0 unspecified atom stereocenters. The summed E-state index contributed by atoms with van der Waals surface area (Å²) in [5.41, 5.74) is 0.358. The normalized spacial score (nSPS) is 11.5. The average Bonchev–Trinajstić information content (AvgIpc) is 2.54. The minimum absolute atomic E-state index is 0. The Hall–Kier alpha value is -1.42. The zero-order chi connectivity index (χ0) is 18.0. The predicted molar refractivity (Wildman–Crippen MR) is 109 cm³/mol. The number of halogens is 2. The van der Waals surface area contributed by atoms with Crippen LogP contribution < -0.4 is 16.0 Å². The monoisotopic (exact) mass is 466 g/mol. The quantitative estimate of drug-likeness (QED) is 0.236. The maximum Gasteiger partial charge on any atom is 0.224 e. The first kappa shape index (κ1) is 23.6. The molecule has 6 nitrogen and oxygen atoms in total. The molecule has 0 aliphatic rings. The second-order valence-electron chi connectivity index (χ2n) is 5.97. The van der Waals surface area contributed by atoms with Crippen LogP contribution in [0.1, 0.15) is 19.4 Å². The highest BCUT2D eigenvalue weighted by atomic mass is 127. The van der Waals surface area contributed by atoms with Gasteiger partial charge < -0.3 is 20.7 Å². The van der Waals surface area contributed by atoms with Crippen molar-refractivity contribution in [2.45, 2.75) is 25.9 Å². The fraction of sp³-hybridized carbons (Fsp3) is 0.529. The van der Waals surface area contributed by atoms with Crippen molar-refractivity contribution in [1.29, 1.82) is 0 Å². The van der Waals surface area contributed by atoms with Gasteiger partial charge in [-0.15, -0.1) is 24.0 Å². The first-order valence-corrected chi connectivity index (χ1v) is 7.87. The second-order valence-corrected chi connectivity index (χ2v) is 5.97. The highest BCUT2D eigenvalue weighted by Gasteiger charge is 2.16. The molecule has 0 atom stereocenters. The van der Waals surface area contributed by atoms with E-state index in [0.717, 1.165) is 0 Å². The number of nitrogens with zero attached hydrogens (tertiary/aromatic N) is 1. The van der Waals surface area contributed by atoms with Crippen molar-refractivity contribution >= 4 is 35.8 Å². The van der Waals surface area contributed by atoms with Crippen LogP contribution in [-0.4, -0.2) is 51.3 Å². The van der Waals surface area contributed by atoms with E-state index in [4.69, 9.17) is 4.74 Å². The SMILES string of the molecule is CN=C(NCCNC(=O)Cc1cccc(F)c1)NCC(C)(C)OC.I. The molecular weight excluding hydrogens is 438 g/mol. The number of ether oxygens (including phenoxy) is 1. The van der Waals surface area contributed by atoms with Crippen LogP contribution in [0.5, 0.6) is 0 Å². The molecular formula is C17H28FIN4O2. The first-order chi connectivity index (χ1) is 11.4. The van der Waals surface area contributed by atoms with Gasteiger partial charge in [-0.3, -0.25) is 9.79 Å². The Balaban J connectivity index is 0.00000576. The maximum atomic E-state index is 13.1. The number of carbonyl (C=O) groups is 1. The van der Waals surface area contributed by atoms with Gasteiger partial charge >= 0.3 is 0 Å². The number of methoxy groups -OCH3 is 1. The van der Waals surface area contributed by atoms with E-state index in [1.807, 2.05) is 13.8 Å². The van der Waals surface area contributed by atoms with Crippen molar-refractivity contribution in [3.05, 3.63) is 35.6 Å². The summed E-state index contributed by atoms with van der Waals surface area (Å²) in [5, 5.41) is 9.04. The zero-order valence-corrected chi connectivity index (χ0v) is 17.5. The van der Waals surface area contributed by atoms with Crippen molar-refractivity contribution < 1.29 is 13.9 Å². The molecule has 0 spiro atoms. The van der Waals surface area contributed by atoms with Crippen molar-refractivity contribution in [2.75, 3.05) is 33.8 Å². The van der Waals surface area contributed by atoms with Crippen LogP contribution in [0.3, 0.4) is 0 Å². The van der Waals surface area contributed by atoms with Gasteiger partial charge in [-0.2, -0.15) is 0 Å². The molecule has 8 heteroatoms. The third-order valence-electron chi connectivity index (χ3n) is 3.45. The number of rotatable bonds is 8. The summed E-state index contributed by atoms with van der Waals surface area (Å²) in [6.45, 7) is 5.53. The lowest BCUT2D eigenvalue weighted by molar-refractivity contribution is -0.120. The molecule has 1 aromatic carbocycles. The van der Waals surface area contributed by atoms with E-state index in [9.17, 15) is 9.18 Å². The summed E-state index contributed by atoms with van der Waals surface area (Å²) >= 11 is 0.